The SMILES string of the molecule is [CH2-]N1C2COCC1C1CC12. The molecule has 1 saturated carbocycles. The highest BCUT2D eigenvalue weighted by Gasteiger charge is 2.56. The number of hydrogen-bond acceptors (Lipinski definition) is 2. The lowest BCUT2D eigenvalue weighted by molar-refractivity contribution is -0.00936. The van der Waals surface area contributed by atoms with Crippen molar-refractivity contribution in [3.8, 4) is 0 Å². The van der Waals surface area contributed by atoms with Gasteiger partial charge in [0, 0.05) is 12.1 Å². The zero-order valence-corrected chi connectivity index (χ0v) is 5.99. The summed E-state index contributed by atoms with van der Waals surface area (Å²) in [5, 5.41) is 0. The Balaban J connectivity index is 1.94. The van der Waals surface area contributed by atoms with Gasteiger partial charge in [0.1, 0.15) is 0 Å². The second kappa shape index (κ2) is 1.56. The number of piperidine rings is 1. The summed E-state index contributed by atoms with van der Waals surface area (Å²) in [7, 11) is 4.06. The molecule has 4 unspecified atom stereocenters. The summed E-state index contributed by atoms with van der Waals surface area (Å²) >= 11 is 0. The molecular weight excluding hydrogens is 126 g/mol. The number of morpholine rings is 1. The minimum atomic E-state index is 0.670. The molecule has 2 heterocycles. The Labute approximate surface area is 61.1 Å². The molecule has 0 aromatic heterocycles. The van der Waals surface area contributed by atoms with E-state index in [-0.39, 0.29) is 0 Å². The van der Waals surface area contributed by atoms with Gasteiger partial charge in [0.15, 0.2) is 0 Å². The third-order valence-electron chi connectivity index (χ3n) is 3.31. The molecule has 2 saturated heterocycles. The van der Waals surface area contributed by atoms with Gasteiger partial charge in [0.05, 0.1) is 13.2 Å². The number of hydrogen-bond donors (Lipinski definition) is 0. The van der Waals surface area contributed by atoms with Crippen LogP contribution in [0.1, 0.15) is 6.42 Å². The van der Waals surface area contributed by atoms with Crippen LogP contribution in [0.2, 0.25) is 0 Å². The van der Waals surface area contributed by atoms with Gasteiger partial charge in [-0.1, -0.05) is 0 Å². The minimum Gasteiger partial charge on any atom is -0.450 e. The first-order chi connectivity index (χ1) is 4.88. The molecule has 1 aliphatic carbocycles. The summed E-state index contributed by atoms with van der Waals surface area (Å²) in [5.41, 5.74) is 0. The van der Waals surface area contributed by atoms with Crippen LogP contribution < -0.4 is 0 Å². The van der Waals surface area contributed by atoms with E-state index in [0.29, 0.717) is 12.1 Å². The standard InChI is InChI=1S/C8H12NO/c1-9-7-3-10-4-8(9)6-2-5(6)7/h5-8H,1-4H2/q-1. The largest absolute Gasteiger partial charge is 0.450 e. The van der Waals surface area contributed by atoms with Crippen molar-refractivity contribution in [3.05, 3.63) is 7.05 Å². The summed E-state index contributed by atoms with van der Waals surface area (Å²) in [5.74, 6) is 1.90. The third-order valence-corrected chi connectivity index (χ3v) is 3.31. The van der Waals surface area contributed by atoms with Crippen molar-refractivity contribution in [1.82, 2.24) is 4.90 Å². The highest BCUT2D eigenvalue weighted by molar-refractivity contribution is 5.11. The average molecular weight is 138 g/mol. The predicted octanol–water partition coefficient (Wildman–Crippen LogP) is 0.497. The number of rotatable bonds is 0. The first kappa shape index (κ1) is 5.56. The molecule has 3 aliphatic rings. The Bertz CT molecular complexity index is 155. The molecule has 0 spiro atoms. The van der Waals surface area contributed by atoms with E-state index in [0.717, 1.165) is 25.0 Å². The van der Waals surface area contributed by atoms with Crippen LogP contribution in [0.25, 0.3) is 0 Å². The Morgan fingerprint density at radius 1 is 1.20 bits per heavy atom. The summed E-state index contributed by atoms with van der Waals surface area (Å²) < 4.78 is 5.45. The van der Waals surface area contributed by atoms with E-state index < -0.39 is 0 Å². The van der Waals surface area contributed by atoms with Crippen LogP contribution in [0.4, 0.5) is 0 Å². The van der Waals surface area contributed by atoms with E-state index >= 15 is 0 Å². The zero-order chi connectivity index (χ0) is 6.72. The Hall–Kier alpha value is -0.0800. The van der Waals surface area contributed by atoms with Gasteiger partial charge in [0.25, 0.3) is 0 Å². The van der Waals surface area contributed by atoms with E-state index in [1.165, 1.54) is 6.42 Å². The fraction of sp³-hybridized carbons (Fsp3) is 0.875. The number of nitrogens with zero attached hydrogens (tertiary/aromatic N) is 1. The van der Waals surface area contributed by atoms with Crippen molar-refractivity contribution < 1.29 is 4.74 Å². The number of ether oxygens (including phenoxy) is 1. The van der Waals surface area contributed by atoms with Gasteiger partial charge in [-0.2, -0.15) is 0 Å². The lowest BCUT2D eigenvalue weighted by atomic mass is 10.2. The van der Waals surface area contributed by atoms with E-state index in [2.05, 4.69) is 11.9 Å². The van der Waals surface area contributed by atoms with Gasteiger partial charge in [-0.05, 0) is 18.3 Å². The van der Waals surface area contributed by atoms with E-state index in [1.54, 1.807) is 0 Å². The predicted molar refractivity (Wildman–Crippen MR) is 37.2 cm³/mol. The van der Waals surface area contributed by atoms with Crippen LogP contribution in [0.15, 0.2) is 0 Å². The zero-order valence-electron chi connectivity index (χ0n) is 5.99. The maximum atomic E-state index is 5.45. The second-order valence-electron chi connectivity index (χ2n) is 3.75. The van der Waals surface area contributed by atoms with Gasteiger partial charge in [0.2, 0.25) is 0 Å². The summed E-state index contributed by atoms with van der Waals surface area (Å²) in [6.07, 6.45) is 1.45. The lowest BCUT2D eigenvalue weighted by Crippen LogP contribution is -2.45. The van der Waals surface area contributed by atoms with Crippen molar-refractivity contribution in [2.45, 2.75) is 18.5 Å². The second-order valence-corrected chi connectivity index (χ2v) is 3.75. The Kier molecular flexibility index (Phi) is 0.868. The first-order valence-corrected chi connectivity index (χ1v) is 4.04. The van der Waals surface area contributed by atoms with Crippen molar-refractivity contribution in [2.75, 3.05) is 13.2 Å². The molecule has 0 amide bonds. The number of fused-ring (bicyclic) bond motifs is 5. The maximum Gasteiger partial charge on any atom is 0.0601 e. The molecule has 2 bridgehead atoms. The van der Waals surface area contributed by atoms with Gasteiger partial charge < -0.3 is 9.64 Å². The monoisotopic (exact) mass is 138 g/mol. The quantitative estimate of drug-likeness (QED) is 0.452. The van der Waals surface area contributed by atoms with Gasteiger partial charge >= 0.3 is 0 Å². The lowest BCUT2D eigenvalue weighted by Gasteiger charge is -2.41. The molecular formula is C8H12NO-. The molecule has 2 aliphatic heterocycles. The molecule has 3 rings (SSSR count). The summed E-state index contributed by atoms with van der Waals surface area (Å²) in [4.78, 5) is 2.28. The van der Waals surface area contributed by atoms with Crippen LogP contribution >= 0.6 is 0 Å². The summed E-state index contributed by atoms with van der Waals surface area (Å²) in [6, 6.07) is 1.34. The average Bonchev–Trinajstić information content (AvgIpc) is 2.59. The molecule has 0 N–H and O–H groups in total. The smallest absolute Gasteiger partial charge is 0.0601 e. The molecule has 10 heavy (non-hydrogen) atoms. The highest BCUT2D eigenvalue weighted by Crippen LogP contribution is 2.54. The van der Waals surface area contributed by atoms with E-state index in [1.807, 2.05) is 0 Å². The summed E-state index contributed by atoms with van der Waals surface area (Å²) in [6.45, 7) is 1.86. The molecule has 2 heteroatoms. The fourth-order valence-corrected chi connectivity index (χ4v) is 2.61. The third kappa shape index (κ3) is 0.487. The van der Waals surface area contributed by atoms with Crippen molar-refractivity contribution in [1.29, 1.82) is 0 Å². The molecule has 0 aromatic rings. The highest BCUT2D eigenvalue weighted by atomic mass is 16.5. The van der Waals surface area contributed by atoms with Crippen LogP contribution in [0, 0.1) is 18.9 Å². The van der Waals surface area contributed by atoms with Crippen LogP contribution in [-0.2, 0) is 4.74 Å². The van der Waals surface area contributed by atoms with Gasteiger partial charge in [-0.25, -0.2) is 0 Å². The molecule has 56 valence electrons. The topological polar surface area (TPSA) is 12.5 Å². The van der Waals surface area contributed by atoms with Crippen LogP contribution in [0.5, 0.6) is 0 Å². The molecule has 2 nitrogen and oxygen atoms in total. The van der Waals surface area contributed by atoms with E-state index in [4.69, 9.17) is 4.74 Å². The fourth-order valence-electron chi connectivity index (χ4n) is 2.61. The Morgan fingerprint density at radius 2 is 1.80 bits per heavy atom. The van der Waals surface area contributed by atoms with Crippen LogP contribution in [0.3, 0.4) is 0 Å². The van der Waals surface area contributed by atoms with Crippen molar-refractivity contribution in [3.63, 3.8) is 0 Å². The van der Waals surface area contributed by atoms with Crippen LogP contribution in [-0.4, -0.2) is 30.2 Å². The van der Waals surface area contributed by atoms with Gasteiger partial charge in [-0.15, -0.1) is 0 Å². The van der Waals surface area contributed by atoms with Crippen molar-refractivity contribution in [2.24, 2.45) is 11.8 Å². The molecule has 0 radical (unpaired) electrons. The first-order valence-electron chi connectivity index (χ1n) is 4.04. The maximum absolute atomic E-state index is 5.45. The minimum absolute atomic E-state index is 0.670. The normalized spacial score (nSPS) is 58.5. The molecule has 3 fully saturated rings. The van der Waals surface area contributed by atoms with Gasteiger partial charge in [-0.3, -0.25) is 7.05 Å². The molecule has 4 atom stereocenters. The van der Waals surface area contributed by atoms with E-state index in [9.17, 15) is 0 Å². The Morgan fingerprint density at radius 3 is 2.30 bits per heavy atom. The van der Waals surface area contributed by atoms with Crippen molar-refractivity contribution >= 4 is 0 Å². The molecule has 0 aromatic carbocycles.